The molecule has 1 aliphatic rings. The van der Waals surface area contributed by atoms with Gasteiger partial charge < -0.3 is 5.32 Å². The summed E-state index contributed by atoms with van der Waals surface area (Å²) in [5.74, 6) is 1.65. The Morgan fingerprint density at radius 2 is 2.22 bits per heavy atom. The molecule has 1 nitrogen and oxygen atoms in total. The van der Waals surface area contributed by atoms with E-state index >= 15 is 0 Å². The van der Waals surface area contributed by atoms with E-state index in [9.17, 15) is 4.39 Å². The number of thioether (sulfide) groups is 1. The second-order valence-electron chi connectivity index (χ2n) is 5.27. The maximum Gasteiger partial charge on any atom is 0.123 e. The zero-order valence-corrected chi connectivity index (χ0v) is 12.0. The van der Waals surface area contributed by atoms with Crippen LogP contribution in [0.4, 0.5) is 4.39 Å². The molecule has 0 saturated heterocycles. The fraction of sp³-hybridized carbons (Fsp3) is 0.600. The Morgan fingerprint density at radius 3 is 2.89 bits per heavy atom. The van der Waals surface area contributed by atoms with Crippen molar-refractivity contribution in [2.24, 2.45) is 0 Å². The standard InChI is InChI=1S/C15H22FNS/c1-11(6-7-18-2)17-15-9-13(10-15)12-4-3-5-14(16)8-12/h3-5,8,11,13,15,17H,6-7,9-10H2,1-2H3. The van der Waals surface area contributed by atoms with Crippen LogP contribution in [0.2, 0.25) is 0 Å². The lowest BCUT2D eigenvalue weighted by molar-refractivity contribution is 0.267. The molecule has 1 fully saturated rings. The summed E-state index contributed by atoms with van der Waals surface area (Å²) in [6.07, 6.45) is 5.67. The van der Waals surface area contributed by atoms with Crippen molar-refractivity contribution in [3.8, 4) is 0 Å². The Kier molecular flexibility index (Phi) is 5.07. The normalized spacial score (nSPS) is 24.6. The van der Waals surface area contributed by atoms with Crippen LogP contribution in [-0.4, -0.2) is 24.1 Å². The van der Waals surface area contributed by atoms with Crippen molar-refractivity contribution < 1.29 is 4.39 Å². The highest BCUT2D eigenvalue weighted by molar-refractivity contribution is 7.98. The van der Waals surface area contributed by atoms with E-state index in [0.29, 0.717) is 18.0 Å². The van der Waals surface area contributed by atoms with Gasteiger partial charge in [-0.2, -0.15) is 11.8 Å². The molecule has 0 aliphatic heterocycles. The van der Waals surface area contributed by atoms with E-state index in [2.05, 4.69) is 18.5 Å². The quantitative estimate of drug-likeness (QED) is 0.841. The van der Waals surface area contributed by atoms with E-state index in [4.69, 9.17) is 0 Å². The molecule has 0 bridgehead atoms. The second kappa shape index (κ2) is 6.58. The first-order valence-corrected chi connectivity index (χ1v) is 8.09. The van der Waals surface area contributed by atoms with E-state index in [0.717, 1.165) is 18.4 Å². The minimum Gasteiger partial charge on any atom is -0.311 e. The van der Waals surface area contributed by atoms with Gasteiger partial charge in [-0.1, -0.05) is 12.1 Å². The molecule has 0 heterocycles. The molecule has 0 aromatic heterocycles. The van der Waals surface area contributed by atoms with Crippen molar-refractivity contribution in [2.75, 3.05) is 12.0 Å². The van der Waals surface area contributed by atoms with Crippen LogP contribution in [0.1, 0.15) is 37.7 Å². The van der Waals surface area contributed by atoms with Gasteiger partial charge in [0.1, 0.15) is 5.82 Å². The van der Waals surface area contributed by atoms with Crippen molar-refractivity contribution in [1.82, 2.24) is 5.32 Å². The molecule has 1 aromatic rings. The Labute approximate surface area is 114 Å². The van der Waals surface area contributed by atoms with Crippen LogP contribution < -0.4 is 5.32 Å². The van der Waals surface area contributed by atoms with Crippen LogP contribution in [0.5, 0.6) is 0 Å². The Bertz CT molecular complexity index is 377. The molecule has 0 amide bonds. The van der Waals surface area contributed by atoms with Gasteiger partial charge in [-0.15, -0.1) is 0 Å². The van der Waals surface area contributed by atoms with Gasteiger partial charge in [0.2, 0.25) is 0 Å². The number of halogens is 1. The Morgan fingerprint density at radius 1 is 1.44 bits per heavy atom. The van der Waals surface area contributed by atoms with Gasteiger partial charge in [-0.25, -0.2) is 4.39 Å². The predicted octanol–water partition coefficient (Wildman–Crippen LogP) is 3.80. The molecule has 1 aromatic carbocycles. The maximum atomic E-state index is 13.1. The van der Waals surface area contributed by atoms with Crippen molar-refractivity contribution in [3.63, 3.8) is 0 Å². The first kappa shape index (κ1) is 13.9. The van der Waals surface area contributed by atoms with Crippen molar-refractivity contribution >= 4 is 11.8 Å². The largest absolute Gasteiger partial charge is 0.311 e. The number of nitrogens with one attached hydrogen (secondary N) is 1. The third-order valence-electron chi connectivity index (χ3n) is 3.73. The monoisotopic (exact) mass is 267 g/mol. The van der Waals surface area contributed by atoms with Gasteiger partial charge in [-0.05, 0) is 61.8 Å². The molecule has 100 valence electrons. The van der Waals surface area contributed by atoms with Gasteiger partial charge in [0, 0.05) is 12.1 Å². The molecule has 2 rings (SSSR count). The van der Waals surface area contributed by atoms with E-state index in [1.165, 1.54) is 18.2 Å². The van der Waals surface area contributed by atoms with Crippen molar-refractivity contribution in [3.05, 3.63) is 35.6 Å². The van der Waals surface area contributed by atoms with E-state index in [-0.39, 0.29) is 5.82 Å². The predicted molar refractivity (Wildman–Crippen MR) is 77.8 cm³/mol. The zero-order valence-electron chi connectivity index (χ0n) is 11.2. The molecule has 18 heavy (non-hydrogen) atoms. The highest BCUT2D eigenvalue weighted by Crippen LogP contribution is 2.37. The molecule has 0 radical (unpaired) electrons. The average Bonchev–Trinajstić information content (AvgIpc) is 2.30. The third-order valence-corrected chi connectivity index (χ3v) is 4.38. The van der Waals surface area contributed by atoms with Crippen LogP contribution >= 0.6 is 11.8 Å². The van der Waals surface area contributed by atoms with Gasteiger partial charge in [0.15, 0.2) is 0 Å². The van der Waals surface area contributed by atoms with Crippen LogP contribution in [-0.2, 0) is 0 Å². The van der Waals surface area contributed by atoms with Crippen LogP contribution in [0.15, 0.2) is 24.3 Å². The van der Waals surface area contributed by atoms with Gasteiger partial charge in [-0.3, -0.25) is 0 Å². The summed E-state index contributed by atoms with van der Waals surface area (Å²) in [4.78, 5) is 0. The molecule has 1 N–H and O–H groups in total. The summed E-state index contributed by atoms with van der Waals surface area (Å²) in [5.41, 5.74) is 1.16. The lowest BCUT2D eigenvalue weighted by Gasteiger charge is -2.38. The Hall–Kier alpha value is -0.540. The molecular weight excluding hydrogens is 245 g/mol. The van der Waals surface area contributed by atoms with Crippen LogP contribution in [0.25, 0.3) is 0 Å². The maximum absolute atomic E-state index is 13.1. The highest BCUT2D eigenvalue weighted by Gasteiger charge is 2.30. The van der Waals surface area contributed by atoms with E-state index < -0.39 is 0 Å². The van der Waals surface area contributed by atoms with Crippen LogP contribution in [0.3, 0.4) is 0 Å². The minimum absolute atomic E-state index is 0.114. The molecule has 1 saturated carbocycles. The van der Waals surface area contributed by atoms with E-state index in [1.807, 2.05) is 23.9 Å². The molecule has 1 atom stereocenters. The van der Waals surface area contributed by atoms with E-state index in [1.54, 1.807) is 6.07 Å². The zero-order chi connectivity index (χ0) is 13.0. The summed E-state index contributed by atoms with van der Waals surface area (Å²) in [7, 11) is 0. The summed E-state index contributed by atoms with van der Waals surface area (Å²) < 4.78 is 13.1. The molecule has 1 aliphatic carbocycles. The summed E-state index contributed by atoms with van der Waals surface area (Å²) in [6, 6.07) is 8.26. The molecular formula is C15H22FNS. The lowest BCUT2D eigenvalue weighted by Crippen LogP contribution is -2.44. The molecule has 1 unspecified atom stereocenters. The fourth-order valence-electron chi connectivity index (χ4n) is 2.57. The summed E-state index contributed by atoms with van der Waals surface area (Å²) in [5, 5.41) is 3.66. The van der Waals surface area contributed by atoms with Gasteiger partial charge in [0.05, 0.1) is 0 Å². The summed E-state index contributed by atoms with van der Waals surface area (Å²) >= 11 is 1.90. The molecule has 0 spiro atoms. The first-order chi connectivity index (χ1) is 8.69. The lowest BCUT2D eigenvalue weighted by atomic mass is 9.75. The second-order valence-corrected chi connectivity index (χ2v) is 6.26. The average molecular weight is 267 g/mol. The summed E-state index contributed by atoms with van der Waals surface area (Å²) in [6.45, 7) is 2.26. The smallest absolute Gasteiger partial charge is 0.123 e. The highest BCUT2D eigenvalue weighted by atomic mass is 32.2. The topological polar surface area (TPSA) is 12.0 Å². The third kappa shape index (κ3) is 3.72. The van der Waals surface area contributed by atoms with Gasteiger partial charge in [0.25, 0.3) is 0 Å². The number of hydrogen-bond acceptors (Lipinski definition) is 2. The minimum atomic E-state index is -0.114. The number of rotatable bonds is 6. The van der Waals surface area contributed by atoms with Crippen molar-refractivity contribution in [1.29, 1.82) is 0 Å². The van der Waals surface area contributed by atoms with Crippen molar-refractivity contribution in [2.45, 2.75) is 44.2 Å². The SMILES string of the molecule is CSCCC(C)NC1CC(c2cccc(F)c2)C1. The number of benzene rings is 1. The van der Waals surface area contributed by atoms with Crippen LogP contribution in [0, 0.1) is 5.82 Å². The fourth-order valence-corrected chi connectivity index (χ4v) is 3.16. The Balaban J connectivity index is 1.73. The first-order valence-electron chi connectivity index (χ1n) is 6.69. The number of hydrogen-bond donors (Lipinski definition) is 1. The van der Waals surface area contributed by atoms with Gasteiger partial charge >= 0.3 is 0 Å². The molecule has 3 heteroatoms.